The van der Waals surface area contributed by atoms with Crippen LogP contribution in [0.4, 0.5) is 15.8 Å². The fourth-order valence-corrected chi connectivity index (χ4v) is 3.96. The highest BCUT2D eigenvalue weighted by Gasteiger charge is 2.34. The molecular formula is C19H19FN2O2S. The van der Waals surface area contributed by atoms with Crippen LogP contribution >= 0.6 is 11.8 Å². The second-order valence-electron chi connectivity index (χ2n) is 5.83. The van der Waals surface area contributed by atoms with Crippen LogP contribution in [0, 0.1) is 5.82 Å². The van der Waals surface area contributed by atoms with Gasteiger partial charge in [0, 0.05) is 17.8 Å². The first-order valence-corrected chi connectivity index (χ1v) is 9.22. The van der Waals surface area contributed by atoms with Gasteiger partial charge in [-0.2, -0.15) is 0 Å². The van der Waals surface area contributed by atoms with Crippen molar-refractivity contribution in [3.63, 3.8) is 0 Å². The minimum absolute atomic E-state index is 0.0308. The fourth-order valence-electron chi connectivity index (χ4n) is 2.80. The molecular weight excluding hydrogens is 339 g/mol. The summed E-state index contributed by atoms with van der Waals surface area (Å²) in [5, 5.41) is 2.63. The summed E-state index contributed by atoms with van der Waals surface area (Å²) in [5.41, 5.74) is 2.14. The Hall–Kier alpha value is -2.34. The zero-order chi connectivity index (χ0) is 17.8. The number of hydrogen-bond acceptors (Lipinski definition) is 3. The van der Waals surface area contributed by atoms with Crippen molar-refractivity contribution in [2.24, 2.45) is 0 Å². The van der Waals surface area contributed by atoms with Gasteiger partial charge in [0.2, 0.25) is 11.8 Å². The lowest BCUT2D eigenvalue weighted by atomic mass is 10.1. The van der Waals surface area contributed by atoms with E-state index in [1.165, 1.54) is 23.9 Å². The van der Waals surface area contributed by atoms with E-state index >= 15 is 0 Å². The Labute approximate surface area is 150 Å². The number of carbonyl (C=O) groups excluding carboxylic acids is 2. The number of halogens is 1. The molecule has 0 aromatic heterocycles. The predicted octanol–water partition coefficient (Wildman–Crippen LogP) is 4.34. The molecule has 1 N–H and O–H groups in total. The van der Waals surface area contributed by atoms with E-state index in [9.17, 15) is 14.0 Å². The van der Waals surface area contributed by atoms with E-state index < -0.39 is 0 Å². The number of carbonyl (C=O) groups is 2. The molecule has 0 bridgehead atoms. The molecule has 3 rings (SSSR count). The van der Waals surface area contributed by atoms with Gasteiger partial charge in [-0.3, -0.25) is 14.5 Å². The molecule has 0 saturated carbocycles. The average Bonchev–Trinajstić information content (AvgIpc) is 2.97. The Morgan fingerprint density at radius 2 is 2.08 bits per heavy atom. The van der Waals surface area contributed by atoms with Gasteiger partial charge in [0.15, 0.2) is 0 Å². The topological polar surface area (TPSA) is 49.4 Å². The summed E-state index contributed by atoms with van der Waals surface area (Å²) in [6, 6.07) is 13.5. The molecule has 0 unspecified atom stereocenters. The molecule has 1 fully saturated rings. The summed E-state index contributed by atoms with van der Waals surface area (Å²) in [5.74, 6) is -0.118. The van der Waals surface area contributed by atoms with Gasteiger partial charge in [0.05, 0.1) is 5.75 Å². The van der Waals surface area contributed by atoms with Gasteiger partial charge in [-0.25, -0.2) is 4.39 Å². The third kappa shape index (κ3) is 4.02. The van der Waals surface area contributed by atoms with Crippen LogP contribution < -0.4 is 10.2 Å². The summed E-state index contributed by atoms with van der Waals surface area (Å²) in [6.45, 7) is 1.95. The first kappa shape index (κ1) is 17.5. The molecule has 25 heavy (non-hydrogen) atoms. The van der Waals surface area contributed by atoms with Gasteiger partial charge in [0.25, 0.3) is 0 Å². The highest BCUT2D eigenvalue weighted by molar-refractivity contribution is 8.00. The van der Waals surface area contributed by atoms with Crippen LogP contribution in [0.5, 0.6) is 0 Å². The van der Waals surface area contributed by atoms with E-state index in [1.807, 2.05) is 31.2 Å². The highest BCUT2D eigenvalue weighted by Crippen LogP contribution is 2.42. The van der Waals surface area contributed by atoms with Crippen molar-refractivity contribution in [2.75, 3.05) is 16.0 Å². The zero-order valence-corrected chi connectivity index (χ0v) is 14.7. The molecule has 1 saturated heterocycles. The Balaban J connectivity index is 1.87. The highest BCUT2D eigenvalue weighted by atomic mass is 32.2. The molecule has 1 aliphatic heterocycles. The number of rotatable bonds is 5. The Morgan fingerprint density at radius 3 is 2.84 bits per heavy atom. The van der Waals surface area contributed by atoms with Crippen molar-refractivity contribution in [1.82, 2.24) is 0 Å². The first-order chi connectivity index (χ1) is 12.1. The molecule has 0 radical (unpaired) electrons. The molecule has 0 spiro atoms. The predicted molar refractivity (Wildman–Crippen MR) is 99.1 cm³/mol. The van der Waals surface area contributed by atoms with E-state index in [4.69, 9.17) is 0 Å². The van der Waals surface area contributed by atoms with Crippen molar-refractivity contribution in [3.05, 3.63) is 59.9 Å². The maximum Gasteiger partial charge on any atom is 0.238 e. The monoisotopic (exact) mass is 358 g/mol. The Bertz CT molecular complexity index is 796. The number of thioether (sulfide) groups is 1. The van der Waals surface area contributed by atoms with Crippen LogP contribution in [-0.4, -0.2) is 17.6 Å². The molecule has 2 amide bonds. The molecule has 1 aliphatic rings. The van der Waals surface area contributed by atoms with Crippen LogP contribution in [0.3, 0.4) is 0 Å². The second kappa shape index (κ2) is 7.70. The number of amides is 2. The van der Waals surface area contributed by atoms with Crippen molar-refractivity contribution in [2.45, 2.75) is 25.1 Å². The zero-order valence-electron chi connectivity index (χ0n) is 13.9. The van der Waals surface area contributed by atoms with Gasteiger partial charge in [-0.1, -0.05) is 25.1 Å². The molecule has 2 aromatic carbocycles. The lowest BCUT2D eigenvalue weighted by Crippen LogP contribution is -2.27. The van der Waals surface area contributed by atoms with Crippen molar-refractivity contribution in [1.29, 1.82) is 0 Å². The van der Waals surface area contributed by atoms with Crippen LogP contribution in [0.2, 0.25) is 0 Å². The summed E-state index contributed by atoms with van der Waals surface area (Å²) in [4.78, 5) is 25.7. The number of benzene rings is 2. The van der Waals surface area contributed by atoms with E-state index in [-0.39, 0.29) is 23.0 Å². The third-order valence-electron chi connectivity index (χ3n) is 3.89. The van der Waals surface area contributed by atoms with Gasteiger partial charge in [-0.15, -0.1) is 11.8 Å². The largest absolute Gasteiger partial charge is 0.326 e. The number of nitrogens with zero attached hydrogens (tertiary/aromatic N) is 1. The maximum atomic E-state index is 13.6. The molecule has 1 atom stereocenters. The molecule has 4 nitrogen and oxygen atoms in total. The average molecular weight is 358 g/mol. The molecule has 6 heteroatoms. The first-order valence-electron chi connectivity index (χ1n) is 8.17. The van der Waals surface area contributed by atoms with Gasteiger partial charge >= 0.3 is 0 Å². The van der Waals surface area contributed by atoms with E-state index in [1.54, 1.807) is 17.0 Å². The minimum Gasteiger partial charge on any atom is -0.326 e. The standard InChI is InChI=1S/C19H19FN2O2S/c1-2-5-17(23)21-15-8-3-6-13(10-15)19-22(18(24)12-25-19)16-9-4-7-14(20)11-16/h3-4,6-11,19H,2,5,12H2,1H3,(H,21,23)/t19-/m1/s1. The summed E-state index contributed by atoms with van der Waals surface area (Å²) >= 11 is 1.49. The van der Waals surface area contributed by atoms with Crippen LogP contribution in [0.15, 0.2) is 48.5 Å². The Kier molecular flexibility index (Phi) is 5.38. The molecule has 130 valence electrons. The van der Waals surface area contributed by atoms with Gasteiger partial charge < -0.3 is 5.32 Å². The van der Waals surface area contributed by atoms with Crippen LogP contribution in [0.25, 0.3) is 0 Å². The lowest BCUT2D eigenvalue weighted by molar-refractivity contribution is -0.116. The summed E-state index contributed by atoms with van der Waals surface area (Å²) in [7, 11) is 0. The van der Waals surface area contributed by atoms with Gasteiger partial charge in [-0.05, 0) is 42.3 Å². The third-order valence-corrected chi connectivity index (χ3v) is 5.10. The second-order valence-corrected chi connectivity index (χ2v) is 6.90. The van der Waals surface area contributed by atoms with Crippen molar-refractivity contribution >= 4 is 35.0 Å². The van der Waals surface area contributed by atoms with E-state index in [0.29, 0.717) is 23.5 Å². The van der Waals surface area contributed by atoms with E-state index in [0.717, 1.165) is 12.0 Å². The molecule has 1 heterocycles. The van der Waals surface area contributed by atoms with Crippen molar-refractivity contribution in [3.8, 4) is 0 Å². The molecule has 2 aromatic rings. The number of hydrogen-bond donors (Lipinski definition) is 1. The fraction of sp³-hybridized carbons (Fsp3) is 0.263. The number of nitrogens with one attached hydrogen (secondary N) is 1. The van der Waals surface area contributed by atoms with Gasteiger partial charge in [0.1, 0.15) is 11.2 Å². The van der Waals surface area contributed by atoms with Crippen LogP contribution in [-0.2, 0) is 9.59 Å². The summed E-state index contributed by atoms with van der Waals surface area (Å²) in [6.07, 6.45) is 1.25. The number of anilines is 2. The van der Waals surface area contributed by atoms with E-state index in [2.05, 4.69) is 5.32 Å². The molecule has 0 aliphatic carbocycles. The van der Waals surface area contributed by atoms with Crippen LogP contribution in [0.1, 0.15) is 30.7 Å². The summed E-state index contributed by atoms with van der Waals surface area (Å²) < 4.78 is 13.6. The smallest absolute Gasteiger partial charge is 0.238 e. The lowest BCUT2D eigenvalue weighted by Gasteiger charge is -2.24. The Morgan fingerprint density at radius 1 is 1.28 bits per heavy atom. The maximum absolute atomic E-state index is 13.6. The SMILES string of the molecule is CCCC(=O)Nc1cccc([C@H]2SCC(=O)N2c2cccc(F)c2)c1. The van der Waals surface area contributed by atoms with Crippen molar-refractivity contribution < 1.29 is 14.0 Å². The minimum atomic E-state index is -0.374. The normalized spacial score (nSPS) is 17.0. The quantitative estimate of drug-likeness (QED) is 0.865.